The number of nitrogens with one attached hydrogen (secondary N) is 2. The van der Waals surface area contributed by atoms with Crippen LogP contribution in [0.5, 0.6) is 0 Å². The van der Waals surface area contributed by atoms with Gasteiger partial charge in [0.25, 0.3) is 0 Å². The fraction of sp³-hybridized carbons (Fsp3) is 0.550. The first kappa shape index (κ1) is 19.2. The average molecular weight is 371 g/mol. The Kier molecular flexibility index (Phi) is 6.68. The zero-order valence-corrected chi connectivity index (χ0v) is 16.5. The molecule has 0 saturated carbocycles. The Labute approximate surface area is 161 Å². The van der Waals surface area contributed by atoms with Gasteiger partial charge in [-0.2, -0.15) is 0 Å². The zero-order chi connectivity index (χ0) is 19.1. The molecular formula is C20H30N6O. The lowest BCUT2D eigenvalue weighted by atomic mass is 10.1. The van der Waals surface area contributed by atoms with Crippen molar-refractivity contribution in [2.75, 3.05) is 24.5 Å². The SMILES string of the molecule is CCNC(=NCc1cc(CC)no1)NC1CCN(c2cccc(C)n2)CC1. The van der Waals surface area contributed by atoms with Crippen LogP contribution >= 0.6 is 0 Å². The summed E-state index contributed by atoms with van der Waals surface area (Å²) in [6, 6.07) is 8.58. The van der Waals surface area contributed by atoms with E-state index in [-0.39, 0.29) is 0 Å². The van der Waals surface area contributed by atoms with Crippen molar-refractivity contribution in [3.8, 4) is 0 Å². The van der Waals surface area contributed by atoms with E-state index in [1.807, 2.05) is 19.1 Å². The minimum Gasteiger partial charge on any atom is -0.359 e. The molecule has 7 nitrogen and oxygen atoms in total. The quantitative estimate of drug-likeness (QED) is 0.601. The third-order valence-electron chi connectivity index (χ3n) is 4.74. The molecule has 2 aromatic rings. The van der Waals surface area contributed by atoms with Crippen molar-refractivity contribution in [2.24, 2.45) is 4.99 Å². The van der Waals surface area contributed by atoms with Crippen molar-refractivity contribution in [3.05, 3.63) is 41.4 Å². The van der Waals surface area contributed by atoms with E-state index in [9.17, 15) is 0 Å². The largest absolute Gasteiger partial charge is 0.359 e. The monoisotopic (exact) mass is 370 g/mol. The van der Waals surface area contributed by atoms with Gasteiger partial charge in [-0.15, -0.1) is 0 Å². The fourth-order valence-electron chi connectivity index (χ4n) is 3.22. The van der Waals surface area contributed by atoms with Gasteiger partial charge in [-0.25, -0.2) is 9.98 Å². The van der Waals surface area contributed by atoms with Gasteiger partial charge in [0.1, 0.15) is 12.4 Å². The standard InChI is InChI=1S/C20H30N6O/c1-4-16-13-18(27-25-16)14-22-20(21-5-2)24-17-9-11-26(12-10-17)19-8-6-7-15(3)23-19/h6-8,13,17H,4-5,9-12,14H2,1-3H3,(H2,21,22,24). The first-order valence-electron chi connectivity index (χ1n) is 9.85. The minimum atomic E-state index is 0.407. The predicted molar refractivity (Wildman–Crippen MR) is 108 cm³/mol. The maximum Gasteiger partial charge on any atom is 0.191 e. The number of aryl methyl sites for hydroxylation is 2. The molecule has 2 aromatic heterocycles. The number of guanidine groups is 1. The summed E-state index contributed by atoms with van der Waals surface area (Å²) in [7, 11) is 0. The Balaban J connectivity index is 1.53. The lowest BCUT2D eigenvalue weighted by Crippen LogP contribution is -2.48. The molecule has 0 atom stereocenters. The molecule has 7 heteroatoms. The third kappa shape index (κ3) is 5.45. The van der Waals surface area contributed by atoms with E-state index in [4.69, 9.17) is 4.52 Å². The highest BCUT2D eigenvalue weighted by molar-refractivity contribution is 5.80. The topological polar surface area (TPSA) is 78.6 Å². The molecule has 1 saturated heterocycles. The van der Waals surface area contributed by atoms with Gasteiger partial charge >= 0.3 is 0 Å². The van der Waals surface area contributed by atoms with E-state index < -0.39 is 0 Å². The summed E-state index contributed by atoms with van der Waals surface area (Å²) in [6.07, 6.45) is 2.99. The molecule has 0 bridgehead atoms. The number of aliphatic imine (C=N–C) groups is 1. The molecule has 146 valence electrons. The molecule has 1 fully saturated rings. The van der Waals surface area contributed by atoms with Crippen molar-refractivity contribution in [1.29, 1.82) is 0 Å². The lowest BCUT2D eigenvalue weighted by Gasteiger charge is -2.34. The molecule has 27 heavy (non-hydrogen) atoms. The van der Waals surface area contributed by atoms with Gasteiger partial charge < -0.3 is 20.1 Å². The van der Waals surface area contributed by atoms with Gasteiger partial charge in [0.05, 0.1) is 5.69 Å². The predicted octanol–water partition coefficient (Wildman–Crippen LogP) is 2.66. The molecule has 0 spiro atoms. The second-order valence-electron chi connectivity index (χ2n) is 6.88. The highest BCUT2D eigenvalue weighted by atomic mass is 16.5. The van der Waals surface area contributed by atoms with Crippen LogP contribution in [-0.4, -0.2) is 41.8 Å². The maximum atomic E-state index is 5.32. The van der Waals surface area contributed by atoms with E-state index in [1.54, 1.807) is 0 Å². The van der Waals surface area contributed by atoms with Crippen LogP contribution in [0.25, 0.3) is 0 Å². The minimum absolute atomic E-state index is 0.407. The van der Waals surface area contributed by atoms with Gasteiger partial charge in [-0.1, -0.05) is 18.1 Å². The van der Waals surface area contributed by atoms with E-state index in [2.05, 4.69) is 56.6 Å². The Hall–Kier alpha value is -2.57. The molecule has 3 heterocycles. The van der Waals surface area contributed by atoms with Gasteiger partial charge in [0, 0.05) is 37.4 Å². The number of hydrogen-bond acceptors (Lipinski definition) is 5. The van der Waals surface area contributed by atoms with Crippen LogP contribution in [0.3, 0.4) is 0 Å². The number of rotatable bonds is 6. The Morgan fingerprint density at radius 3 is 2.78 bits per heavy atom. The fourth-order valence-corrected chi connectivity index (χ4v) is 3.22. The first-order valence-corrected chi connectivity index (χ1v) is 9.85. The highest BCUT2D eigenvalue weighted by Crippen LogP contribution is 2.18. The maximum absolute atomic E-state index is 5.32. The van der Waals surface area contributed by atoms with Crippen LogP contribution < -0.4 is 15.5 Å². The Morgan fingerprint density at radius 2 is 2.11 bits per heavy atom. The first-order chi connectivity index (χ1) is 13.2. The van der Waals surface area contributed by atoms with Crippen molar-refractivity contribution in [1.82, 2.24) is 20.8 Å². The summed E-state index contributed by atoms with van der Waals surface area (Å²) in [5.74, 6) is 2.70. The van der Waals surface area contributed by atoms with Crippen LogP contribution in [0.15, 0.2) is 33.8 Å². The molecule has 1 aliphatic heterocycles. The van der Waals surface area contributed by atoms with Gasteiger partial charge in [-0.05, 0) is 45.2 Å². The van der Waals surface area contributed by atoms with Crippen LogP contribution in [0.1, 0.15) is 43.8 Å². The van der Waals surface area contributed by atoms with Crippen molar-refractivity contribution in [3.63, 3.8) is 0 Å². The van der Waals surface area contributed by atoms with Gasteiger partial charge in [0.2, 0.25) is 0 Å². The van der Waals surface area contributed by atoms with E-state index in [0.717, 1.165) is 67.8 Å². The smallest absolute Gasteiger partial charge is 0.191 e. The molecular weight excluding hydrogens is 340 g/mol. The normalized spacial score (nSPS) is 15.8. The van der Waals surface area contributed by atoms with Crippen molar-refractivity contribution in [2.45, 2.75) is 52.6 Å². The number of piperidine rings is 1. The summed E-state index contributed by atoms with van der Waals surface area (Å²) in [6.45, 7) is 9.49. The lowest BCUT2D eigenvalue weighted by molar-refractivity contribution is 0.379. The Morgan fingerprint density at radius 1 is 1.30 bits per heavy atom. The van der Waals surface area contributed by atoms with E-state index in [1.165, 1.54) is 0 Å². The molecule has 0 unspecified atom stereocenters. The number of aromatic nitrogens is 2. The molecule has 0 radical (unpaired) electrons. The second kappa shape index (κ2) is 9.39. The highest BCUT2D eigenvalue weighted by Gasteiger charge is 2.21. The molecule has 0 amide bonds. The van der Waals surface area contributed by atoms with E-state index in [0.29, 0.717) is 12.6 Å². The summed E-state index contributed by atoms with van der Waals surface area (Å²) < 4.78 is 5.32. The average Bonchev–Trinajstić information content (AvgIpc) is 3.15. The van der Waals surface area contributed by atoms with Crippen LogP contribution in [0.4, 0.5) is 5.82 Å². The number of hydrogen-bond donors (Lipinski definition) is 2. The van der Waals surface area contributed by atoms with Gasteiger partial charge in [0.15, 0.2) is 11.7 Å². The third-order valence-corrected chi connectivity index (χ3v) is 4.74. The summed E-state index contributed by atoms with van der Waals surface area (Å²) in [5.41, 5.74) is 2.03. The summed E-state index contributed by atoms with van der Waals surface area (Å²) in [5, 5.41) is 10.9. The number of nitrogens with zero attached hydrogens (tertiary/aromatic N) is 4. The van der Waals surface area contributed by atoms with Crippen molar-refractivity contribution < 1.29 is 4.52 Å². The molecule has 3 rings (SSSR count). The zero-order valence-electron chi connectivity index (χ0n) is 16.5. The summed E-state index contributed by atoms with van der Waals surface area (Å²) in [4.78, 5) is 11.6. The number of pyridine rings is 1. The van der Waals surface area contributed by atoms with Gasteiger partial charge in [-0.3, -0.25) is 0 Å². The van der Waals surface area contributed by atoms with Crippen LogP contribution in [-0.2, 0) is 13.0 Å². The second-order valence-corrected chi connectivity index (χ2v) is 6.88. The van der Waals surface area contributed by atoms with Crippen molar-refractivity contribution >= 4 is 11.8 Å². The number of anilines is 1. The van der Waals surface area contributed by atoms with Crippen LogP contribution in [0, 0.1) is 6.92 Å². The van der Waals surface area contributed by atoms with E-state index >= 15 is 0 Å². The molecule has 0 aromatic carbocycles. The molecule has 0 aliphatic carbocycles. The molecule has 1 aliphatic rings. The molecule has 2 N–H and O–H groups in total. The summed E-state index contributed by atoms with van der Waals surface area (Å²) >= 11 is 0. The van der Waals surface area contributed by atoms with Crippen LogP contribution in [0.2, 0.25) is 0 Å². The Bertz CT molecular complexity index is 748.